The van der Waals surface area contributed by atoms with Crippen LogP contribution in [0.5, 0.6) is 0 Å². The summed E-state index contributed by atoms with van der Waals surface area (Å²) in [5, 5.41) is 17.7. The van der Waals surface area contributed by atoms with Crippen LogP contribution >= 0.6 is 15.9 Å². The van der Waals surface area contributed by atoms with E-state index in [1.165, 1.54) is 6.20 Å². The molecule has 2 rings (SSSR count). The highest BCUT2D eigenvalue weighted by atomic mass is 79.9. The first-order valence-electron chi connectivity index (χ1n) is 5.13. The van der Waals surface area contributed by atoms with Gasteiger partial charge in [-0.3, -0.25) is 9.89 Å². The second-order valence-electron chi connectivity index (χ2n) is 3.68. The first kappa shape index (κ1) is 12.3. The Kier molecular flexibility index (Phi) is 3.44. The van der Waals surface area contributed by atoms with Crippen LogP contribution in [0.4, 0.5) is 5.82 Å². The van der Waals surface area contributed by atoms with E-state index >= 15 is 0 Å². The highest BCUT2D eigenvalue weighted by Crippen LogP contribution is 2.18. The zero-order valence-corrected chi connectivity index (χ0v) is 11.1. The van der Waals surface area contributed by atoms with Gasteiger partial charge in [0.2, 0.25) is 0 Å². The van der Waals surface area contributed by atoms with E-state index in [9.17, 15) is 4.79 Å². The number of halogens is 1. The van der Waals surface area contributed by atoms with E-state index in [0.29, 0.717) is 16.9 Å². The molecule has 0 aliphatic carbocycles. The molecule has 1 amide bonds. The summed E-state index contributed by atoms with van der Waals surface area (Å²) in [5.74, 6) is 0.0245. The zero-order chi connectivity index (χ0) is 13.1. The van der Waals surface area contributed by atoms with Crippen LogP contribution in [0, 0.1) is 18.3 Å². The van der Waals surface area contributed by atoms with Crippen molar-refractivity contribution >= 4 is 27.7 Å². The molecule has 0 fully saturated rings. The number of carbonyl (C=O) groups is 1. The van der Waals surface area contributed by atoms with E-state index in [4.69, 9.17) is 5.26 Å². The van der Waals surface area contributed by atoms with Crippen molar-refractivity contribution in [3.05, 3.63) is 45.6 Å². The SMILES string of the molecule is Cc1ccc(Br)cc1C(=O)Nc1[nH]ncc1C#N. The van der Waals surface area contributed by atoms with Gasteiger partial charge in [-0.15, -0.1) is 0 Å². The highest BCUT2D eigenvalue weighted by molar-refractivity contribution is 9.10. The number of hydrogen-bond donors (Lipinski definition) is 2. The molecule has 1 heterocycles. The summed E-state index contributed by atoms with van der Waals surface area (Å²) in [5.41, 5.74) is 1.70. The van der Waals surface area contributed by atoms with Crippen LogP contribution in [0.3, 0.4) is 0 Å². The van der Waals surface area contributed by atoms with Crippen LogP contribution in [-0.2, 0) is 0 Å². The lowest BCUT2D eigenvalue weighted by Crippen LogP contribution is -2.14. The minimum atomic E-state index is -0.283. The second-order valence-corrected chi connectivity index (χ2v) is 4.60. The lowest BCUT2D eigenvalue weighted by molar-refractivity contribution is 0.102. The van der Waals surface area contributed by atoms with Gasteiger partial charge in [0.1, 0.15) is 17.5 Å². The molecule has 1 aromatic carbocycles. The molecular weight excluding hydrogens is 296 g/mol. The quantitative estimate of drug-likeness (QED) is 0.894. The fourth-order valence-corrected chi connectivity index (χ4v) is 1.85. The third kappa shape index (κ3) is 2.41. The number of hydrogen-bond acceptors (Lipinski definition) is 3. The Morgan fingerprint density at radius 1 is 1.56 bits per heavy atom. The number of aromatic nitrogens is 2. The Hall–Kier alpha value is -2.13. The monoisotopic (exact) mass is 304 g/mol. The number of aryl methyl sites for hydroxylation is 1. The number of anilines is 1. The van der Waals surface area contributed by atoms with Crippen molar-refractivity contribution < 1.29 is 4.79 Å². The van der Waals surface area contributed by atoms with E-state index in [1.807, 2.05) is 25.1 Å². The minimum absolute atomic E-state index is 0.283. The predicted molar refractivity (Wildman–Crippen MR) is 70.1 cm³/mol. The molecule has 1 aromatic heterocycles. The molecule has 5 nitrogen and oxygen atoms in total. The molecule has 0 radical (unpaired) electrons. The van der Waals surface area contributed by atoms with Crippen LogP contribution in [0.2, 0.25) is 0 Å². The summed E-state index contributed by atoms with van der Waals surface area (Å²) in [4.78, 5) is 12.1. The van der Waals surface area contributed by atoms with Gasteiger partial charge < -0.3 is 5.32 Å². The maximum absolute atomic E-state index is 12.1. The standard InChI is InChI=1S/C12H9BrN4O/c1-7-2-3-9(13)4-10(7)12(18)16-11-8(5-14)6-15-17-11/h2-4,6H,1H3,(H2,15,16,17,18). The predicted octanol–water partition coefficient (Wildman–Crippen LogP) is 2.60. The van der Waals surface area contributed by atoms with Gasteiger partial charge in [-0.05, 0) is 24.6 Å². The molecule has 90 valence electrons. The molecule has 0 saturated heterocycles. The summed E-state index contributed by atoms with van der Waals surface area (Å²) in [6.07, 6.45) is 1.36. The van der Waals surface area contributed by atoms with Gasteiger partial charge in [-0.25, -0.2) is 0 Å². The minimum Gasteiger partial charge on any atom is -0.306 e. The molecule has 0 unspecified atom stereocenters. The van der Waals surface area contributed by atoms with E-state index < -0.39 is 0 Å². The molecule has 0 aliphatic heterocycles. The number of benzene rings is 1. The van der Waals surface area contributed by atoms with Gasteiger partial charge in [-0.2, -0.15) is 10.4 Å². The molecule has 6 heteroatoms. The number of rotatable bonds is 2. The Labute approximate surface area is 112 Å². The van der Waals surface area contributed by atoms with E-state index in [0.717, 1.165) is 10.0 Å². The van der Waals surface area contributed by atoms with Crippen molar-refractivity contribution in [2.75, 3.05) is 5.32 Å². The van der Waals surface area contributed by atoms with Gasteiger partial charge in [0.05, 0.1) is 6.20 Å². The van der Waals surface area contributed by atoms with E-state index in [-0.39, 0.29) is 5.91 Å². The number of nitrogens with zero attached hydrogens (tertiary/aromatic N) is 2. The zero-order valence-electron chi connectivity index (χ0n) is 9.49. The Morgan fingerprint density at radius 3 is 3.06 bits per heavy atom. The molecule has 0 atom stereocenters. The average molecular weight is 305 g/mol. The number of nitrogens with one attached hydrogen (secondary N) is 2. The highest BCUT2D eigenvalue weighted by Gasteiger charge is 2.13. The Morgan fingerprint density at radius 2 is 2.33 bits per heavy atom. The summed E-state index contributed by atoms with van der Waals surface area (Å²) in [6, 6.07) is 7.38. The normalized spacial score (nSPS) is 9.83. The van der Waals surface area contributed by atoms with Gasteiger partial charge in [0, 0.05) is 10.0 Å². The van der Waals surface area contributed by atoms with Crippen LogP contribution in [0.25, 0.3) is 0 Å². The largest absolute Gasteiger partial charge is 0.306 e. The Balaban J connectivity index is 2.28. The summed E-state index contributed by atoms with van der Waals surface area (Å²) in [7, 11) is 0. The molecular formula is C12H9BrN4O. The van der Waals surface area contributed by atoms with E-state index in [1.54, 1.807) is 6.07 Å². The maximum Gasteiger partial charge on any atom is 0.257 e. The lowest BCUT2D eigenvalue weighted by atomic mass is 10.1. The number of carbonyl (C=O) groups excluding carboxylic acids is 1. The van der Waals surface area contributed by atoms with Crippen LogP contribution in [0.15, 0.2) is 28.9 Å². The molecule has 0 spiro atoms. The number of aromatic amines is 1. The van der Waals surface area contributed by atoms with Gasteiger partial charge >= 0.3 is 0 Å². The van der Waals surface area contributed by atoms with Gasteiger partial charge in [0.25, 0.3) is 5.91 Å². The topological polar surface area (TPSA) is 81.6 Å². The van der Waals surface area contributed by atoms with Crippen molar-refractivity contribution in [3.63, 3.8) is 0 Å². The van der Waals surface area contributed by atoms with Crippen LogP contribution in [-0.4, -0.2) is 16.1 Å². The van der Waals surface area contributed by atoms with Crippen molar-refractivity contribution in [3.8, 4) is 6.07 Å². The third-order valence-electron chi connectivity index (χ3n) is 2.44. The fourth-order valence-electron chi connectivity index (χ4n) is 1.49. The summed E-state index contributed by atoms with van der Waals surface area (Å²) >= 11 is 3.32. The molecule has 18 heavy (non-hydrogen) atoms. The first-order valence-corrected chi connectivity index (χ1v) is 5.92. The van der Waals surface area contributed by atoms with Crippen molar-refractivity contribution in [1.29, 1.82) is 5.26 Å². The van der Waals surface area contributed by atoms with Gasteiger partial charge in [-0.1, -0.05) is 22.0 Å². The smallest absolute Gasteiger partial charge is 0.257 e. The van der Waals surface area contributed by atoms with Gasteiger partial charge in [0.15, 0.2) is 0 Å². The number of H-pyrrole nitrogens is 1. The van der Waals surface area contributed by atoms with Crippen molar-refractivity contribution in [2.24, 2.45) is 0 Å². The van der Waals surface area contributed by atoms with Crippen molar-refractivity contribution in [1.82, 2.24) is 10.2 Å². The van der Waals surface area contributed by atoms with Crippen LogP contribution < -0.4 is 5.32 Å². The van der Waals surface area contributed by atoms with Crippen molar-refractivity contribution in [2.45, 2.75) is 6.92 Å². The lowest BCUT2D eigenvalue weighted by Gasteiger charge is -2.06. The molecule has 0 saturated carbocycles. The third-order valence-corrected chi connectivity index (χ3v) is 2.94. The molecule has 0 aliphatic rings. The number of nitriles is 1. The van der Waals surface area contributed by atoms with E-state index in [2.05, 4.69) is 31.4 Å². The fraction of sp³-hybridized carbons (Fsp3) is 0.0833. The average Bonchev–Trinajstić information content (AvgIpc) is 2.79. The summed E-state index contributed by atoms with van der Waals surface area (Å²) in [6.45, 7) is 1.85. The first-order chi connectivity index (χ1) is 8.61. The summed E-state index contributed by atoms with van der Waals surface area (Å²) < 4.78 is 0.823. The maximum atomic E-state index is 12.1. The Bertz CT molecular complexity index is 642. The van der Waals surface area contributed by atoms with Crippen LogP contribution in [0.1, 0.15) is 21.5 Å². The molecule has 2 aromatic rings. The molecule has 0 bridgehead atoms. The second kappa shape index (κ2) is 5.02. The number of amides is 1. The molecule has 2 N–H and O–H groups in total.